The molecule has 1 heterocycles. The van der Waals surface area contributed by atoms with Gasteiger partial charge in [-0.25, -0.2) is 4.98 Å². The Morgan fingerprint density at radius 3 is 2.15 bits per heavy atom. The van der Waals surface area contributed by atoms with Crippen LogP contribution >= 0.6 is 35.0 Å². The summed E-state index contributed by atoms with van der Waals surface area (Å²) in [5, 5.41) is 4.05. The maximum Gasteiger partial charge on any atom is 0.237 e. The van der Waals surface area contributed by atoms with Crippen molar-refractivity contribution >= 4 is 46.6 Å². The van der Waals surface area contributed by atoms with E-state index in [-0.39, 0.29) is 5.91 Å². The third-order valence-electron chi connectivity index (χ3n) is 5.19. The standard InChI is InChI=1S/C26H23Cl2N3OS/c1-15-4-8-18(9-5-15)23-24(19-10-6-16(2)7-11-19)31-26(30-23)33-17(3)25(32)29-22-13-12-20(27)14-21(22)28/h4-14,17H,1-3H3,(H,29,32)(H,30,31). The number of aromatic amines is 1. The number of hydrogen-bond donors (Lipinski definition) is 2. The van der Waals surface area contributed by atoms with Crippen LogP contribution in [0.2, 0.25) is 10.0 Å². The fraction of sp³-hybridized carbons (Fsp3) is 0.154. The predicted molar refractivity (Wildman–Crippen MR) is 139 cm³/mol. The molecule has 3 aromatic carbocycles. The molecule has 0 aliphatic rings. The lowest BCUT2D eigenvalue weighted by molar-refractivity contribution is -0.115. The maximum atomic E-state index is 12.8. The summed E-state index contributed by atoms with van der Waals surface area (Å²) in [5.41, 5.74) is 6.75. The number of hydrogen-bond acceptors (Lipinski definition) is 3. The van der Waals surface area contributed by atoms with Crippen molar-refractivity contribution in [3.05, 3.63) is 87.9 Å². The van der Waals surface area contributed by atoms with Gasteiger partial charge in [0.05, 0.1) is 27.3 Å². The van der Waals surface area contributed by atoms with Crippen LogP contribution in [0.5, 0.6) is 0 Å². The molecule has 4 rings (SSSR count). The Kier molecular flexibility index (Phi) is 7.13. The highest BCUT2D eigenvalue weighted by molar-refractivity contribution is 8.00. The Hall–Kier alpha value is -2.73. The fourth-order valence-corrected chi connectivity index (χ4v) is 4.56. The van der Waals surface area contributed by atoms with Crippen molar-refractivity contribution < 1.29 is 4.79 Å². The van der Waals surface area contributed by atoms with Crippen LogP contribution < -0.4 is 5.32 Å². The van der Waals surface area contributed by atoms with Crippen molar-refractivity contribution in [3.63, 3.8) is 0 Å². The molecular weight excluding hydrogens is 473 g/mol. The van der Waals surface area contributed by atoms with Gasteiger partial charge in [-0.3, -0.25) is 4.79 Å². The highest BCUT2D eigenvalue weighted by atomic mass is 35.5. The first-order chi connectivity index (χ1) is 15.8. The number of H-pyrrole nitrogens is 1. The third kappa shape index (κ3) is 5.61. The number of aryl methyl sites for hydroxylation is 2. The first kappa shape index (κ1) is 23.4. The molecule has 0 spiro atoms. The number of nitrogens with zero attached hydrogens (tertiary/aromatic N) is 1. The molecule has 0 fully saturated rings. The minimum absolute atomic E-state index is 0.172. The molecule has 1 atom stereocenters. The molecule has 1 aromatic heterocycles. The molecule has 0 saturated heterocycles. The Morgan fingerprint density at radius 2 is 1.55 bits per heavy atom. The first-order valence-electron chi connectivity index (χ1n) is 10.5. The molecule has 4 nitrogen and oxygen atoms in total. The summed E-state index contributed by atoms with van der Waals surface area (Å²) in [5.74, 6) is -0.172. The summed E-state index contributed by atoms with van der Waals surface area (Å²) in [4.78, 5) is 21.1. The van der Waals surface area contributed by atoms with Crippen molar-refractivity contribution in [2.45, 2.75) is 31.2 Å². The highest BCUT2D eigenvalue weighted by Crippen LogP contribution is 2.34. The lowest BCUT2D eigenvalue weighted by Crippen LogP contribution is -2.22. The van der Waals surface area contributed by atoms with Crippen molar-refractivity contribution in [1.29, 1.82) is 0 Å². The van der Waals surface area contributed by atoms with Gasteiger partial charge in [0, 0.05) is 16.1 Å². The van der Waals surface area contributed by atoms with Crippen molar-refractivity contribution in [1.82, 2.24) is 9.97 Å². The van der Waals surface area contributed by atoms with Crippen LogP contribution in [0.4, 0.5) is 5.69 Å². The van der Waals surface area contributed by atoms with Gasteiger partial charge in [-0.1, -0.05) is 94.6 Å². The smallest absolute Gasteiger partial charge is 0.237 e. The zero-order valence-electron chi connectivity index (χ0n) is 18.4. The van der Waals surface area contributed by atoms with Crippen molar-refractivity contribution in [3.8, 4) is 22.5 Å². The monoisotopic (exact) mass is 495 g/mol. The minimum Gasteiger partial charge on any atom is -0.332 e. The normalized spacial score (nSPS) is 11.9. The molecule has 33 heavy (non-hydrogen) atoms. The predicted octanol–water partition coefficient (Wildman–Crippen LogP) is 7.79. The average Bonchev–Trinajstić information content (AvgIpc) is 3.20. The second-order valence-electron chi connectivity index (χ2n) is 7.87. The minimum atomic E-state index is -0.403. The lowest BCUT2D eigenvalue weighted by Gasteiger charge is -2.12. The first-order valence-corrected chi connectivity index (χ1v) is 12.1. The number of thioether (sulfide) groups is 1. The van der Waals surface area contributed by atoms with Crippen LogP contribution in [0.3, 0.4) is 0 Å². The number of aromatic nitrogens is 2. The molecule has 0 saturated carbocycles. The van der Waals surface area contributed by atoms with E-state index in [4.69, 9.17) is 28.2 Å². The van der Waals surface area contributed by atoms with Crippen LogP contribution in [0.1, 0.15) is 18.1 Å². The maximum absolute atomic E-state index is 12.8. The van der Waals surface area contributed by atoms with Gasteiger partial charge < -0.3 is 10.3 Å². The number of nitrogens with one attached hydrogen (secondary N) is 2. The average molecular weight is 496 g/mol. The molecule has 7 heteroatoms. The molecule has 1 amide bonds. The number of benzene rings is 3. The number of anilines is 1. The lowest BCUT2D eigenvalue weighted by atomic mass is 10.0. The quantitative estimate of drug-likeness (QED) is 0.268. The van der Waals surface area contributed by atoms with E-state index in [1.165, 1.54) is 22.9 Å². The summed E-state index contributed by atoms with van der Waals surface area (Å²) in [6.07, 6.45) is 0. The van der Waals surface area contributed by atoms with Gasteiger partial charge in [0.25, 0.3) is 0 Å². The van der Waals surface area contributed by atoms with Gasteiger partial charge in [-0.15, -0.1) is 0 Å². The molecular formula is C26H23Cl2N3OS. The van der Waals surface area contributed by atoms with Gasteiger partial charge in [0.15, 0.2) is 5.16 Å². The van der Waals surface area contributed by atoms with Crippen LogP contribution in [-0.4, -0.2) is 21.1 Å². The molecule has 168 valence electrons. The second-order valence-corrected chi connectivity index (χ2v) is 10.0. The molecule has 1 unspecified atom stereocenters. The van der Waals surface area contributed by atoms with E-state index >= 15 is 0 Å². The second kappa shape index (κ2) is 10.0. The summed E-state index contributed by atoms with van der Waals surface area (Å²) in [7, 11) is 0. The van der Waals surface area contributed by atoms with E-state index < -0.39 is 5.25 Å². The summed E-state index contributed by atoms with van der Waals surface area (Å²) in [6.45, 7) is 5.96. The van der Waals surface area contributed by atoms with Crippen LogP contribution in [0.25, 0.3) is 22.5 Å². The van der Waals surface area contributed by atoms with Gasteiger partial charge >= 0.3 is 0 Å². The number of amides is 1. The van der Waals surface area contributed by atoms with Crippen LogP contribution in [-0.2, 0) is 4.79 Å². The van der Waals surface area contributed by atoms with Crippen LogP contribution in [0, 0.1) is 13.8 Å². The fourth-order valence-electron chi connectivity index (χ4n) is 3.30. The van der Waals surface area contributed by atoms with Gasteiger partial charge in [0.1, 0.15) is 0 Å². The van der Waals surface area contributed by atoms with E-state index in [2.05, 4.69) is 72.7 Å². The van der Waals surface area contributed by atoms with E-state index in [0.717, 1.165) is 22.5 Å². The summed E-state index contributed by atoms with van der Waals surface area (Å²) in [6, 6.07) is 21.6. The Morgan fingerprint density at radius 1 is 0.939 bits per heavy atom. The summed E-state index contributed by atoms with van der Waals surface area (Å²) < 4.78 is 0. The van der Waals surface area contributed by atoms with E-state index in [1.807, 2.05) is 6.92 Å². The summed E-state index contributed by atoms with van der Waals surface area (Å²) >= 11 is 13.5. The van der Waals surface area contributed by atoms with E-state index in [1.54, 1.807) is 18.2 Å². The number of halogens is 2. The molecule has 0 bridgehead atoms. The number of rotatable bonds is 6. The molecule has 4 aromatic rings. The van der Waals surface area contributed by atoms with Gasteiger partial charge in [-0.2, -0.15) is 0 Å². The zero-order chi connectivity index (χ0) is 23.5. The Labute approximate surface area is 207 Å². The van der Waals surface area contributed by atoms with Crippen molar-refractivity contribution in [2.24, 2.45) is 0 Å². The molecule has 0 aliphatic carbocycles. The SMILES string of the molecule is Cc1ccc(-c2nc(SC(C)C(=O)Nc3ccc(Cl)cc3Cl)[nH]c2-c2ccc(C)cc2)cc1. The van der Waals surface area contributed by atoms with Gasteiger partial charge in [0.2, 0.25) is 5.91 Å². The largest absolute Gasteiger partial charge is 0.332 e. The van der Waals surface area contributed by atoms with Crippen LogP contribution in [0.15, 0.2) is 71.9 Å². The Bertz CT molecular complexity index is 1220. The molecule has 2 N–H and O–H groups in total. The molecule has 0 aliphatic heterocycles. The molecule has 0 radical (unpaired) electrons. The number of carbonyl (C=O) groups is 1. The number of imidazole rings is 1. The van der Waals surface area contributed by atoms with E-state index in [0.29, 0.717) is 20.9 Å². The topological polar surface area (TPSA) is 57.8 Å². The van der Waals surface area contributed by atoms with Crippen molar-refractivity contribution in [2.75, 3.05) is 5.32 Å². The number of carbonyl (C=O) groups excluding carboxylic acids is 1. The highest BCUT2D eigenvalue weighted by Gasteiger charge is 2.20. The zero-order valence-corrected chi connectivity index (χ0v) is 20.8. The van der Waals surface area contributed by atoms with Gasteiger partial charge in [-0.05, 0) is 39.0 Å². The Balaban J connectivity index is 1.60. The third-order valence-corrected chi connectivity index (χ3v) is 6.73. The van der Waals surface area contributed by atoms with E-state index in [9.17, 15) is 4.79 Å².